The highest BCUT2D eigenvalue weighted by Gasteiger charge is 2.30. The summed E-state index contributed by atoms with van der Waals surface area (Å²) < 4.78 is 36.8. The number of aldehydes is 1. The van der Waals surface area contributed by atoms with Crippen LogP contribution in [0.5, 0.6) is 0 Å². The van der Waals surface area contributed by atoms with Crippen molar-refractivity contribution in [3.8, 4) is 6.07 Å². The van der Waals surface area contributed by atoms with Gasteiger partial charge >= 0.3 is 6.18 Å². The van der Waals surface area contributed by atoms with Crippen molar-refractivity contribution >= 4 is 12.0 Å². The van der Waals surface area contributed by atoms with Crippen LogP contribution < -0.4 is 5.32 Å². The van der Waals surface area contributed by atoms with Gasteiger partial charge in [-0.3, -0.25) is 4.79 Å². The molecule has 0 aliphatic carbocycles. The highest BCUT2D eigenvalue weighted by Crippen LogP contribution is 2.26. The first-order valence-electron chi connectivity index (χ1n) is 10.1. The fourth-order valence-electron chi connectivity index (χ4n) is 2.87. The number of nitriles is 1. The van der Waals surface area contributed by atoms with Crippen LogP contribution >= 0.6 is 0 Å². The maximum atomic E-state index is 12.3. The monoisotopic (exact) mass is 464 g/mol. The maximum Gasteiger partial charge on any atom is 0.415 e. The molecule has 0 heterocycles. The van der Waals surface area contributed by atoms with Crippen molar-refractivity contribution in [1.29, 1.82) is 5.26 Å². The van der Waals surface area contributed by atoms with Crippen molar-refractivity contribution in [3.63, 3.8) is 0 Å². The Morgan fingerprint density at radius 1 is 1.03 bits per heavy atom. The summed E-state index contributed by atoms with van der Waals surface area (Å²) in [6.07, 6.45) is -4.27. The zero-order chi connectivity index (χ0) is 25.1. The molecule has 0 aromatic heterocycles. The van der Waals surface area contributed by atoms with Crippen molar-refractivity contribution in [1.82, 2.24) is 0 Å². The smallest absolute Gasteiger partial charge is 0.384 e. The molecule has 0 amide bonds. The Balaban J connectivity index is 0.000000246. The van der Waals surface area contributed by atoms with E-state index in [2.05, 4.69) is 11.9 Å². The first-order chi connectivity index (χ1) is 16.1. The van der Waals surface area contributed by atoms with E-state index in [0.717, 1.165) is 11.1 Å². The molecular formula is C27H23F3N2O2. The predicted octanol–water partition coefficient (Wildman–Crippen LogP) is 6.25. The van der Waals surface area contributed by atoms with Crippen LogP contribution in [-0.4, -0.2) is 17.6 Å². The van der Waals surface area contributed by atoms with Gasteiger partial charge in [0.2, 0.25) is 0 Å². The van der Waals surface area contributed by atoms with Crippen LogP contribution in [0, 0.1) is 18.3 Å². The van der Waals surface area contributed by atoms with Gasteiger partial charge in [0.15, 0.2) is 6.29 Å². The lowest BCUT2D eigenvalue weighted by Gasteiger charge is -2.11. The second kappa shape index (κ2) is 12.2. The Kier molecular flexibility index (Phi) is 9.36. The van der Waals surface area contributed by atoms with Gasteiger partial charge in [0.25, 0.3) is 0 Å². The number of aliphatic hydroxyl groups is 1. The molecule has 0 saturated heterocycles. The van der Waals surface area contributed by atoms with Gasteiger partial charge in [0.1, 0.15) is 6.10 Å². The lowest BCUT2D eigenvalue weighted by Crippen LogP contribution is -2.11. The van der Waals surface area contributed by atoms with Crippen molar-refractivity contribution in [2.45, 2.75) is 19.2 Å². The largest absolute Gasteiger partial charge is 0.415 e. The fraction of sp³-hybridized carbons (Fsp3) is 0.111. The number of nitrogens with one attached hydrogen (secondary N) is 1. The molecule has 0 fully saturated rings. The summed E-state index contributed by atoms with van der Waals surface area (Å²) >= 11 is 0. The highest BCUT2D eigenvalue weighted by molar-refractivity contribution is 5.80. The van der Waals surface area contributed by atoms with E-state index in [1.54, 1.807) is 6.07 Å². The first kappa shape index (κ1) is 26.1. The molecule has 3 rings (SSSR count). The Morgan fingerprint density at radius 2 is 1.68 bits per heavy atom. The molecule has 1 atom stereocenters. The van der Waals surface area contributed by atoms with E-state index in [9.17, 15) is 23.1 Å². The maximum absolute atomic E-state index is 12.3. The van der Waals surface area contributed by atoms with Crippen molar-refractivity contribution in [2.75, 3.05) is 5.32 Å². The second-order valence-electron chi connectivity index (χ2n) is 7.29. The van der Waals surface area contributed by atoms with Crippen LogP contribution in [-0.2, 0) is 4.79 Å². The average Bonchev–Trinajstić information content (AvgIpc) is 2.83. The van der Waals surface area contributed by atoms with Gasteiger partial charge in [-0.2, -0.15) is 18.4 Å². The summed E-state index contributed by atoms with van der Waals surface area (Å²) in [5, 5.41) is 21.3. The molecule has 0 saturated carbocycles. The predicted molar refractivity (Wildman–Crippen MR) is 126 cm³/mol. The number of anilines is 1. The minimum atomic E-state index is -4.59. The zero-order valence-electron chi connectivity index (χ0n) is 18.4. The second-order valence-corrected chi connectivity index (χ2v) is 7.29. The summed E-state index contributed by atoms with van der Waals surface area (Å²) in [7, 11) is 0. The van der Waals surface area contributed by atoms with Crippen LogP contribution in [0.25, 0.3) is 0 Å². The van der Waals surface area contributed by atoms with Crippen LogP contribution in [0.15, 0.2) is 103 Å². The molecule has 0 radical (unpaired) electrons. The minimum Gasteiger partial charge on any atom is -0.384 e. The normalized spacial score (nSPS) is 11.9. The van der Waals surface area contributed by atoms with Crippen LogP contribution in [0.2, 0.25) is 0 Å². The number of nitrogens with zero attached hydrogens (tertiary/aromatic N) is 1. The topological polar surface area (TPSA) is 73.1 Å². The molecular weight excluding hydrogens is 441 g/mol. The van der Waals surface area contributed by atoms with Crippen molar-refractivity contribution < 1.29 is 23.1 Å². The zero-order valence-corrected chi connectivity index (χ0v) is 18.4. The number of hydrogen-bond acceptors (Lipinski definition) is 4. The van der Waals surface area contributed by atoms with Crippen LogP contribution in [0.1, 0.15) is 28.4 Å². The standard InChI is InChI=1S/C14H14O.C13H9F3N2O/c1-11-6-5-9-13(10-11)14(15)12-7-3-2-4-8-12;1-9(13(14,15)16)5-12(8-19)18-11-4-2-3-10(6-11)7-17/h2-10,14-15H,1H3;2-6,8,18H,1H2/b;12-5-. The third kappa shape index (κ3) is 8.08. The lowest BCUT2D eigenvalue weighted by molar-refractivity contribution is -0.104. The van der Waals surface area contributed by atoms with E-state index in [-0.39, 0.29) is 12.0 Å². The molecule has 0 spiro atoms. The highest BCUT2D eigenvalue weighted by atomic mass is 19.4. The molecule has 34 heavy (non-hydrogen) atoms. The number of rotatable bonds is 6. The summed E-state index contributed by atoms with van der Waals surface area (Å²) in [6, 6.07) is 25.5. The number of hydrogen-bond donors (Lipinski definition) is 2. The van der Waals surface area contributed by atoms with Gasteiger partial charge in [0.05, 0.1) is 22.9 Å². The quantitative estimate of drug-likeness (QED) is 0.257. The lowest BCUT2D eigenvalue weighted by atomic mass is 10.0. The Hall–Kier alpha value is -4.15. The SMILES string of the molecule is C=C(/C=C(/C=O)Nc1cccc(C#N)c1)C(F)(F)F.Cc1cccc(C(O)c2ccccc2)c1. The summed E-state index contributed by atoms with van der Waals surface area (Å²) in [5.41, 5.74) is 2.28. The number of aryl methyl sites for hydroxylation is 1. The molecule has 174 valence electrons. The summed E-state index contributed by atoms with van der Waals surface area (Å²) in [6.45, 7) is 4.87. The molecule has 7 heteroatoms. The Bertz CT molecular complexity index is 1200. The van der Waals surface area contributed by atoms with Gasteiger partial charge in [-0.05, 0) is 42.3 Å². The van der Waals surface area contributed by atoms with Gasteiger partial charge in [0, 0.05) is 5.69 Å². The molecule has 3 aromatic carbocycles. The van der Waals surface area contributed by atoms with Gasteiger partial charge in [-0.15, -0.1) is 0 Å². The summed E-state index contributed by atoms with van der Waals surface area (Å²) in [5.74, 6) is 0. The van der Waals surface area contributed by atoms with E-state index in [4.69, 9.17) is 5.26 Å². The minimum absolute atomic E-state index is 0.246. The number of aliphatic hydroxyl groups excluding tert-OH is 1. The van der Waals surface area contributed by atoms with Crippen molar-refractivity contribution in [2.24, 2.45) is 0 Å². The Morgan fingerprint density at radius 3 is 2.26 bits per heavy atom. The number of carbonyl (C=O) groups is 1. The number of carbonyl (C=O) groups excluding carboxylic acids is 1. The van der Waals surface area contributed by atoms with E-state index in [1.165, 1.54) is 23.8 Å². The Labute approximate surface area is 196 Å². The van der Waals surface area contributed by atoms with E-state index < -0.39 is 17.9 Å². The van der Waals surface area contributed by atoms with Crippen molar-refractivity contribution in [3.05, 3.63) is 125 Å². The number of halogens is 3. The van der Waals surface area contributed by atoms with Gasteiger partial charge in [-0.1, -0.05) is 72.8 Å². The third-order valence-corrected chi connectivity index (χ3v) is 4.57. The molecule has 2 N–H and O–H groups in total. The van der Waals surface area contributed by atoms with E-state index in [1.807, 2.05) is 67.6 Å². The number of benzene rings is 3. The molecule has 0 bridgehead atoms. The van der Waals surface area contributed by atoms with Gasteiger partial charge in [-0.25, -0.2) is 0 Å². The number of allylic oxidation sites excluding steroid dienone is 3. The van der Waals surface area contributed by atoms with Crippen LogP contribution in [0.3, 0.4) is 0 Å². The fourth-order valence-corrected chi connectivity index (χ4v) is 2.87. The summed E-state index contributed by atoms with van der Waals surface area (Å²) in [4.78, 5) is 10.7. The molecule has 3 aromatic rings. The average molecular weight is 464 g/mol. The van der Waals surface area contributed by atoms with Gasteiger partial charge < -0.3 is 10.4 Å². The van der Waals surface area contributed by atoms with Crippen LogP contribution in [0.4, 0.5) is 18.9 Å². The third-order valence-electron chi connectivity index (χ3n) is 4.57. The first-order valence-corrected chi connectivity index (χ1v) is 10.1. The molecule has 1 unspecified atom stereocenters. The molecule has 0 aliphatic rings. The van der Waals surface area contributed by atoms with E-state index >= 15 is 0 Å². The molecule has 0 aliphatic heterocycles. The molecule has 4 nitrogen and oxygen atoms in total. The van der Waals surface area contributed by atoms with E-state index in [0.29, 0.717) is 17.3 Å². The number of alkyl halides is 3.